The fourth-order valence-corrected chi connectivity index (χ4v) is 2.74. The van der Waals surface area contributed by atoms with Crippen LogP contribution in [0.15, 0.2) is 39.4 Å². The maximum Gasteiger partial charge on any atom is 0.185 e. The Morgan fingerprint density at radius 2 is 2.17 bits per heavy atom. The average Bonchev–Trinajstić information content (AvgIpc) is 3.13. The van der Waals surface area contributed by atoms with Crippen molar-refractivity contribution in [1.82, 2.24) is 0 Å². The molecule has 0 radical (unpaired) electrons. The van der Waals surface area contributed by atoms with Crippen molar-refractivity contribution in [2.24, 2.45) is 0 Å². The minimum atomic E-state index is 0.0979. The van der Waals surface area contributed by atoms with Gasteiger partial charge < -0.3 is 14.3 Å². The molecular formula is C20H26O4. The highest BCUT2D eigenvalue weighted by Gasteiger charge is 2.16. The average molecular weight is 330 g/mol. The maximum absolute atomic E-state index is 10.8. The predicted octanol–water partition coefficient (Wildman–Crippen LogP) is 4.24. The minimum Gasteiger partial charge on any atom is -0.454 e. The van der Waals surface area contributed by atoms with Crippen LogP contribution in [0.3, 0.4) is 0 Å². The number of aryl methyl sites for hydroxylation is 1. The molecule has 1 aliphatic heterocycles. The second kappa shape index (κ2) is 8.81. The van der Waals surface area contributed by atoms with Crippen LogP contribution in [0.4, 0.5) is 0 Å². The zero-order valence-electron chi connectivity index (χ0n) is 14.7. The van der Waals surface area contributed by atoms with E-state index in [1.165, 1.54) is 5.57 Å². The van der Waals surface area contributed by atoms with Crippen molar-refractivity contribution in [3.8, 4) is 0 Å². The van der Waals surface area contributed by atoms with Gasteiger partial charge in [-0.2, -0.15) is 0 Å². The summed E-state index contributed by atoms with van der Waals surface area (Å²) in [4.78, 5) is 10.8. The van der Waals surface area contributed by atoms with E-state index in [4.69, 9.17) is 14.3 Å². The van der Waals surface area contributed by atoms with Crippen LogP contribution in [0, 0.1) is 6.92 Å². The fourth-order valence-electron chi connectivity index (χ4n) is 2.74. The van der Waals surface area contributed by atoms with E-state index in [1.54, 1.807) is 0 Å². The first-order chi connectivity index (χ1) is 11.5. The molecule has 0 aliphatic carbocycles. The lowest BCUT2D eigenvalue weighted by Gasteiger charge is -2.07. The summed E-state index contributed by atoms with van der Waals surface area (Å²) < 4.78 is 11.3. The third kappa shape index (κ3) is 5.32. The molecule has 0 saturated carbocycles. The lowest BCUT2D eigenvalue weighted by Crippen LogP contribution is -2.04. The number of hydrogen-bond donors (Lipinski definition) is 1. The molecule has 130 valence electrons. The quantitative estimate of drug-likeness (QED) is 0.572. The van der Waals surface area contributed by atoms with E-state index in [-0.39, 0.29) is 12.7 Å². The van der Waals surface area contributed by atoms with Crippen molar-refractivity contribution >= 4 is 12.4 Å². The summed E-state index contributed by atoms with van der Waals surface area (Å²) in [7, 11) is 0. The molecular weight excluding hydrogens is 304 g/mol. The van der Waals surface area contributed by atoms with Gasteiger partial charge in [-0.3, -0.25) is 4.79 Å². The summed E-state index contributed by atoms with van der Waals surface area (Å²) >= 11 is 0. The predicted molar refractivity (Wildman–Crippen MR) is 95.0 cm³/mol. The van der Waals surface area contributed by atoms with Gasteiger partial charge in [0.1, 0.15) is 5.76 Å². The molecule has 1 aromatic heterocycles. The minimum absolute atomic E-state index is 0.0979. The Kier molecular flexibility index (Phi) is 6.76. The first kappa shape index (κ1) is 18.4. The van der Waals surface area contributed by atoms with Gasteiger partial charge >= 0.3 is 0 Å². The lowest BCUT2D eigenvalue weighted by molar-refractivity contribution is 0.109. The van der Waals surface area contributed by atoms with Gasteiger partial charge in [-0.15, -0.1) is 0 Å². The summed E-state index contributed by atoms with van der Waals surface area (Å²) in [5, 5.41) is 8.98. The van der Waals surface area contributed by atoms with Crippen LogP contribution < -0.4 is 0 Å². The molecule has 0 unspecified atom stereocenters. The normalized spacial score (nSPS) is 18.8. The summed E-state index contributed by atoms with van der Waals surface area (Å²) in [6, 6.07) is 1.87. The third-order valence-corrected chi connectivity index (χ3v) is 4.11. The number of allylic oxidation sites excluding steroid dienone is 1. The second-order valence-corrected chi connectivity index (χ2v) is 6.43. The molecule has 0 amide bonds. The molecule has 0 bridgehead atoms. The van der Waals surface area contributed by atoms with Gasteiger partial charge in [0.25, 0.3) is 0 Å². The Hall–Kier alpha value is -1.91. The lowest BCUT2D eigenvalue weighted by atomic mass is 10.1. The molecule has 0 fully saturated rings. The summed E-state index contributed by atoms with van der Waals surface area (Å²) in [6.07, 6.45) is 9.78. The number of aldehydes is 1. The van der Waals surface area contributed by atoms with E-state index in [0.29, 0.717) is 18.1 Å². The number of furan rings is 1. The van der Waals surface area contributed by atoms with Crippen molar-refractivity contribution in [2.75, 3.05) is 13.2 Å². The van der Waals surface area contributed by atoms with Crippen molar-refractivity contribution < 1.29 is 19.1 Å². The Bertz CT molecular complexity index is 661. The van der Waals surface area contributed by atoms with Crippen molar-refractivity contribution in [3.05, 3.63) is 52.0 Å². The summed E-state index contributed by atoms with van der Waals surface area (Å²) in [5.41, 5.74) is 4.33. The largest absolute Gasteiger partial charge is 0.454 e. The summed E-state index contributed by atoms with van der Waals surface area (Å²) in [6.45, 7) is 6.64. The van der Waals surface area contributed by atoms with E-state index in [2.05, 4.69) is 12.2 Å². The van der Waals surface area contributed by atoms with Crippen LogP contribution in [-0.2, 0) is 4.74 Å². The molecule has 2 heterocycles. The SMILES string of the molecule is C/C(=C/c1cc(C)c(C=O)o1)C[C@H]1C=C(CC/C=C(\C)CO)CO1. The molecule has 1 N–H and O–H groups in total. The topological polar surface area (TPSA) is 59.7 Å². The van der Waals surface area contributed by atoms with Gasteiger partial charge in [0, 0.05) is 0 Å². The van der Waals surface area contributed by atoms with Crippen molar-refractivity contribution in [2.45, 2.75) is 46.1 Å². The van der Waals surface area contributed by atoms with Gasteiger partial charge in [0.15, 0.2) is 12.0 Å². The monoisotopic (exact) mass is 330 g/mol. The van der Waals surface area contributed by atoms with Crippen LogP contribution in [0.5, 0.6) is 0 Å². The molecule has 4 heteroatoms. The highest BCUT2D eigenvalue weighted by atomic mass is 16.5. The number of hydrogen-bond acceptors (Lipinski definition) is 4. The fraction of sp³-hybridized carbons (Fsp3) is 0.450. The number of aliphatic hydroxyl groups is 1. The van der Waals surface area contributed by atoms with Gasteiger partial charge in [-0.05, 0) is 63.3 Å². The number of ether oxygens (including phenoxy) is 1. The molecule has 0 aromatic carbocycles. The highest BCUT2D eigenvalue weighted by Crippen LogP contribution is 2.23. The van der Waals surface area contributed by atoms with E-state index in [0.717, 1.165) is 42.3 Å². The summed E-state index contributed by atoms with van der Waals surface area (Å²) in [5.74, 6) is 1.10. The van der Waals surface area contributed by atoms with Gasteiger partial charge in [-0.1, -0.05) is 23.3 Å². The molecule has 1 atom stereocenters. The first-order valence-electron chi connectivity index (χ1n) is 8.32. The molecule has 0 saturated heterocycles. The van der Waals surface area contributed by atoms with Crippen LogP contribution >= 0.6 is 0 Å². The smallest absolute Gasteiger partial charge is 0.185 e. The molecule has 1 aliphatic rings. The standard InChI is InChI=1S/C20H26O4/c1-14(11-21)5-4-6-17-10-18(23-13-17)7-15(2)8-19-9-16(3)20(12-22)24-19/h5,8-10,12,18,21H,4,6-7,11,13H2,1-3H3/b14-5+,15-8-/t18-/m0/s1. The van der Waals surface area contributed by atoms with E-state index in [9.17, 15) is 4.79 Å². The number of carbonyl (C=O) groups is 1. The Morgan fingerprint density at radius 1 is 1.38 bits per heavy atom. The Morgan fingerprint density at radius 3 is 2.83 bits per heavy atom. The molecule has 0 spiro atoms. The first-order valence-corrected chi connectivity index (χ1v) is 8.32. The molecule has 1 aromatic rings. The van der Waals surface area contributed by atoms with E-state index in [1.807, 2.05) is 32.9 Å². The Balaban J connectivity index is 1.88. The number of aliphatic hydroxyl groups excluding tert-OH is 1. The maximum atomic E-state index is 10.8. The highest BCUT2D eigenvalue weighted by molar-refractivity contribution is 5.74. The van der Waals surface area contributed by atoms with Crippen LogP contribution in [0.1, 0.15) is 55.0 Å². The molecule has 2 rings (SSSR count). The van der Waals surface area contributed by atoms with Gasteiger partial charge in [0.2, 0.25) is 0 Å². The van der Waals surface area contributed by atoms with Gasteiger partial charge in [0.05, 0.1) is 19.3 Å². The van der Waals surface area contributed by atoms with Crippen LogP contribution in [0.25, 0.3) is 6.08 Å². The third-order valence-electron chi connectivity index (χ3n) is 4.11. The van der Waals surface area contributed by atoms with E-state index >= 15 is 0 Å². The van der Waals surface area contributed by atoms with Gasteiger partial charge in [-0.25, -0.2) is 0 Å². The molecule has 24 heavy (non-hydrogen) atoms. The van der Waals surface area contributed by atoms with Crippen LogP contribution in [-0.4, -0.2) is 30.7 Å². The Labute approximate surface area is 143 Å². The van der Waals surface area contributed by atoms with Crippen LogP contribution in [0.2, 0.25) is 0 Å². The van der Waals surface area contributed by atoms with Crippen molar-refractivity contribution in [3.63, 3.8) is 0 Å². The second-order valence-electron chi connectivity index (χ2n) is 6.43. The zero-order chi connectivity index (χ0) is 17.5. The zero-order valence-corrected chi connectivity index (χ0v) is 14.7. The van der Waals surface area contributed by atoms with E-state index < -0.39 is 0 Å². The number of carbonyl (C=O) groups excluding carboxylic acids is 1. The van der Waals surface area contributed by atoms with Crippen molar-refractivity contribution in [1.29, 1.82) is 0 Å². The number of rotatable bonds is 8. The molecule has 4 nitrogen and oxygen atoms in total.